The summed E-state index contributed by atoms with van der Waals surface area (Å²) in [6.45, 7) is 0.968. The van der Waals surface area contributed by atoms with Gasteiger partial charge in [0.25, 0.3) is 0 Å². The van der Waals surface area contributed by atoms with Gasteiger partial charge < -0.3 is 15.0 Å². The molecule has 20 heavy (non-hydrogen) atoms. The molecule has 0 amide bonds. The summed E-state index contributed by atoms with van der Waals surface area (Å²) in [5.41, 5.74) is 2.51. The Morgan fingerprint density at radius 3 is 2.35 bits per heavy atom. The van der Waals surface area contributed by atoms with E-state index >= 15 is 0 Å². The maximum atomic E-state index is 5.53. The molecule has 0 saturated heterocycles. The van der Waals surface area contributed by atoms with Gasteiger partial charge in [0, 0.05) is 12.6 Å². The topological polar surface area (TPSA) is 24.5 Å². The van der Waals surface area contributed by atoms with Crippen LogP contribution >= 0.6 is 0 Å². The Labute approximate surface area is 122 Å². The monoisotopic (exact) mass is 274 g/mol. The minimum Gasteiger partial charge on any atom is -0.495 e. The molecule has 0 radical (unpaired) electrons. The average molecular weight is 274 g/mol. The minimum atomic E-state index is 0.665. The van der Waals surface area contributed by atoms with Crippen LogP contribution in [-0.4, -0.2) is 32.1 Å². The van der Waals surface area contributed by atoms with Crippen LogP contribution in [0.25, 0.3) is 0 Å². The van der Waals surface area contributed by atoms with E-state index in [2.05, 4.69) is 42.5 Å². The second-order valence-corrected chi connectivity index (χ2v) is 6.62. The van der Waals surface area contributed by atoms with Crippen molar-refractivity contribution in [3.8, 4) is 5.75 Å². The van der Waals surface area contributed by atoms with Gasteiger partial charge in [-0.2, -0.15) is 0 Å². The van der Waals surface area contributed by atoms with Gasteiger partial charge in [0.2, 0.25) is 0 Å². The molecule has 2 aliphatic rings. The second kappa shape index (κ2) is 5.65. The maximum absolute atomic E-state index is 5.53. The lowest BCUT2D eigenvalue weighted by Gasteiger charge is -2.22. The first-order valence-corrected chi connectivity index (χ1v) is 7.75. The first kappa shape index (κ1) is 13.7. The van der Waals surface area contributed by atoms with E-state index in [0.29, 0.717) is 6.04 Å². The second-order valence-electron chi connectivity index (χ2n) is 6.62. The van der Waals surface area contributed by atoms with Crippen LogP contribution in [0.3, 0.4) is 0 Å². The fraction of sp³-hybridized carbons (Fsp3) is 0.647. The van der Waals surface area contributed by atoms with E-state index in [1.54, 1.807) is 7.11 Å². The first-order chi connectivity index (χ1) is 9.67. The van der Waals surface area contributed by atoms with E-state index in [1.165, 1.54) is 36.9 Å². The maximum Gasteiger partial charge on any atom is 0.141 e. The third-order valence-electron chi connectivity index (χ3n) is 4.34. The van der Waals surface area contributed by atoms with E-state index in [9.17, 15) is 0 Å². The van der Waals surface area contributed by atoms with Crippen molar-refractivity contribution >= 4 is 5.69 Å². The predicted octanol–water partition coefficient (Wildman–Crippen LogP) is 3.36. The molecule has 0 aliphatic heterocycles. The highest BCUT2D eigenvalue weighted by Gasteiger charge is 2.41. The summed E-state index contributed by atoms with van der Waals surface area (Å²) in [6, 6.07) is 7.18. The summed E-state index contributed by atoms with van der Waals surface area (Å²) in [5.74, 6) is 2.76. The van der Waals surface area contributed by atoms with Gasteiger partial charge in [-0.15, -0.1) is 0 Å². The number of rotatable bonds is 7. The van der Waals surface area contributed by atoms with Crippen molar-refractivity contribution in [2.75, 3.05) is 26.5 Å². The normalized spacial score (nSPS) is 18.6. The van der Waals surface area contributed by atoms with Gasteiger partial charge in [-0.1, -0.05) is 6.07 Å². The smallest absolute Gasteiger partial charge is 0.141 e. The van der Waals surface area contributed by atoms with Crippen molar-refractivity contribution in [2.24, 2.45) is 11.8 Å². The zero-order valence-corrected chi connectivity index (χ0v) is 12.9. The van der Waals surface area contributed by atoms with E-state index in [1.807, 2.05) is 0 Å². The van der Waals surface area contributed by atoms with Gasteiger partial charge in [-0.3, -0.25) is 0 Å². The molecule has 0 aromatic heterocycles. The number of hydrogen-bond acceptors (Lipinski definition) is 3. The summed E-state index contributed by atoms with van der Waals surface area (Å²) < 4.78 is 5.53. The highest BCUT2D eigenvalue weighted by atomic mass is 16.5. The molecule has 0 bridgehead atoms. The van der Waals surface area contributed by atoms with Crippen LogP contribution in [0.2, 0.25) is 0 Å². The zero-order chi connectivity index (χ0) is 14.1. The minimum absolute atomic E-state index is 0.665. The van der Waals surface area contributed by atoms with Crippen molar-refractivity contribution < 1.29 is 4.74 Å². The molecule has 110 valence electrons. The predicted molar refractivity (Wildman–Crippen MR) is 83.2 cm³/mol. The standard InChI is InChI=1S/C17H26N2O/c1-19(2)11-12-4-9-16(20-3)15(10-12)18-17(13-5-6-13)14-7-8-14/h4,9-10,13-14,17-18H,5-8,11H2,1-3H3. The largest absolute Gasteiger partial charge is 0.495 e. The van der Waals surface area contributed by atoms with Crippen LogP contribution in [0.5, 0.6) is 5.75 Å². The van der Waals surface area contributed by atoms with E-state index in [4.69, 9.17) is 4.74 Å². The Bertz CT molecular complexity index is 452. The van der Waals surface area contributed by atoms with Crippen LogP contribution in [0.1, 0.15) is 31.2 Å². The molecule has 0 unspecified atom stereocenters. The summed E-state index contributed by atoms with van der Waals surface area (Å²) in [7, 11) is 5.97. The van der Waals surface area contributed by atoms with Crippen molar-refractivity contribution in [2.45, 2.75) is 38.3 Å². The average Bonchev–Trinajstić information content (AvgIpc) is 3.28. The van der Waals surface area contributed by atoms with Gasteiger partial charge in [0.15, 0.2) is 0 Å². The van der Waals surface area contributed by atoms with Crippen LogP contribution < -0.4 is 10.1 Å². The van der Waals surface area contributed by atoms with Crippen LogP contribution in [-0.2, 0) is 6.54 Å². The van der Waals surface area contributed by atoms with Crippen LogP contribution in [0.15, 0.2) is 18.2 Å². The molecule has 3 rings (SSSR count). The molecule has 0 atom stereocenters. The number of anilines is 1. The summed E-state index contributed by atoms with van der Waals surface area (Å²) >= 11 is 0. The Kier molecular flexibility index (Phi) is 3.88. The Morgan fingerprint density at radius 1 is 1.20 bits per heavy atom. The Morgan fingerprint density at radius 2 is 1.85 bits per heavy atom. The number of benzene rings is 1. The summed E-state index contributed by atoms with van der Waals surface area (Å²) in [6.07, 6.45) is 5.59. The number of nitrogens with zero attached hydrogens (tertiary/aromatic N) is 1. The first-order valence-electron chi connectivity index (χ1n) is 7.75. The third-order valence-corrected chi connectivity index (χ3v) is 4.34. The third kappa shape index (κ3) is 3.26. The van der Waals surface area contributed by atoms with Gasteiger partial charge in [0.05, 0.1) is 12.8 Å². The van der Waals surface area contributed by atoms with Gasteiger partial charge in [0.1, 0.15) is 5.75 Å². The molecular weight excluding hydrogens is 248 g/mol. The van der Waals surface area contributed by atoms with Crippen molar-refractivity contribution in [3.63, 3.8) is 0 Å². The Balaban J connectivity index is 1.77. The van der Waals surface area contributed by atoms with Crippen molar-refractivity contribution in [3.05, 3.63) is 23.8 Å². The molecule has 3 nitrogen and oxygen atoms in total. The molecule has 0 heterocycles. The summed E-state index contributed by atoms with van der Waals surface area (Å²) in [4.78, 5) is 2.20. The summed E-state index contributed by atoms with van der Waals surface area (Å²) in [5, 5.41) is 3.79. The van der Waals surface area contributed by atoms with Crippen LogP contribution in [0, 0.1) is 11.8 Å². The van der Waals surface area contributed by atoms with Crippen molar-refractivity contribution in [1.82, 2.24) is 4.90 Å². The number of ether oxygens (including phenoxy) is 1. The molecule has 1 aromatic carbocycles. The van der Waals surface area contributed by atoms with E-state index in [-0.39, 0.29) is 0 Å². The number of methoxy groups -OCH3 is 1. The van der Waals surface area contributed by atoms with Gasteiger partial charge in [-0.05, 0) is 69.3 Å². The molecule has 2 fully saturated rings. The molecule has 2 saturated carbocycles. The lowest BCUT2D eigenvalue weighted by Crippen LogP contribution is -2.24. The SMILES string of the molecule is COc1ccc(CN(C)C)cc1NC(C1CC1)C1CC1. The van der Waals surface area contributed by atoms with E-state index < -0.39 is 0 Å². The molecule has 1 aromatic rings. The lowest BCUT2D eigenvalue weighted by molar-refractivity contribution is 0.399. The molecule has 2 aliphatic carbocycles. The quantitative estimate of drug-likeness (QED) is 0.825. The Hall–Kier alpha value is -1.22. The van der Waals surface area contributed by atoms with Gasteiger partial charge in [-0.25, -0.2) is 0 Å². The molecular formula is C17H26N2O. The van der Waals surface area contributed by atoms with E-state index in [0.717, 1.165) is 24.1 Å². The van der Waals surface area contributed by atoms with Gasteiger partial charge >= 0.3 is 0 Å². The lowest BCUT2D eigenvalue weighted by atomic mass is 10.1. The van der Waals surface area contributed by atoms with Crippen molar-refractivity contribution in [1.29, 1.82) is 0 Å². The zero-order valence-electron chi connectivity index (χ0n) is 12.9. The number of hydrogen-bond donors (Lipinski definition) is 1. The number of nitrogens with one attached hydrogen (secondary N) is 1. The fourth-order valence-corrected chi connectivity index (χ4v) is 3.04. The highest BCUT2D eigenvalue weighted by molar-refractivity contribution is 5.59. The highest BCUT2D eigenvalue weighted by Crippen LogP contribution is 2.46. The molecule has 1 N–H and O–H groups in total. The van der Waals surface area contributed by atoms with Crippen LogP contribution in [0.4, 0.5) is 5.69 Å². The molecule has 3 heteroatoms. The fourth-order valence-electron chi connectivity index (χ4n) is 3.04. The molecule has 0 spiro atoms.